The van der Waals surface area contributed by atoms with Gasteiger partial charge in [-0.1, -0.05) is 24.8 Å². The van der Waals surface area contributed by atoms with Crippen molar-refractivity contribution in [2.75, 3.05) is 19.0 Å². The largest absolute Gasteiger partial charge is 0.495 e. The van der Waals surface area contributed by atoms with E-state index in [0.29, 0.717) is 29.4 Å². The smallest absolute Gasteiger partial charge is 0.266 e. The van der Waals surface area contributed by atoms with Crippen molar-refractivity contribution in [3.05, 3.63) is 70.2 Å². The predicted octanol–water partition coefficient (Wildman–Crippen LogP) is 4.88. The van der Waals surface area contributed by atoms with Crippen molar-refractivity contribution in [3.63, 3.8) is 0 Å². The molecule has 0 unspecified atom stereocenters. The number of methoxy groups -OCH3 is 1. The molecule has 0 atom stereocenters. The Balaban J connectivity index is 2.24. The van der Waals surface area contributed by atoms with Crippen molar-refractivity contribution in [2.45, 2.75) is 6.92 Å². The molecule has 0 aliphatic carbocycles. The zero-order chi connectivity index (χ0) is 19.8. The summed E-state index contributed by atoms with van der Waals surface area (Å²) in [5.74, 6) is 0.668. The van der Waals surface area contributed by atoms with Gasteiger partial charge in [0.25, 0.3) is 5.91 Å². The molecule has 0 aliphatic heterocycles. The van der Waals surface area contributed by atoms with E-state index in [2.05, 4.69) is 27.8 Å². The number of hydrogen-bond donors (Lipinski definition) is 1. The molecule has 1 amide bonds. The third-order valence-corrected chi connectivity index (χ3v) is 4.21. The molecule has 6 heteroatoms. The lowest BCUT2D eigenvalue weighted by molar-refractivity contribution is -0.112. The molecule has 2 rings (SSSR count). The van der Waals surface area contributed by atoms with E-state index in [-0.39, 0.29) is 5.57 Å². The van der Waals surface area contributed by atoms with Gasteiger partial charge in [0.1, 0.15) is 29.7 Å². The fraction of sp³-hybridized carbons (Fsp3) is 0.143. The molecule has 0 spiro atoms. The van der Waals surface area contributed by atoms with Crippen LogP contribution in [0.4, 0.5) is 5.69 Å². The Hall–Kier alpha value is -3.04. The van der Waals surface area contributed by atoms with Crippen LogP contribution in [0.3, 0.4) is 0 Å². The SMILES string of the molecule is C=CCOc1ccc(/C=C(\C#N)C(=O)Nc2cc(C)ccc2OC)cc1Br. The van der Waals surface area contributed by atoms with Gasteiger partial charge in [-0.15, -0.1) is 0 Å². The minimum absolute atomic E-state index is 0.0229. The Labute approximate surface area is 167 Å². The number of anilines is 1. The third-order valence-electron chi connectivity index (χ3n) is 3.59. The molecular formula is C21H19BrN2O3. The maximum Gasteiger partial charge on any atom is 0.266 e. The van der Waals surface area contributed by atoms with Gasteiger partial charge in [-0.2, -0.15) is 5.26 Å². The summed E-state index contributed by atoms with van der Waals surface area (Å²) in [5.41, 5.74) is 2.14. The Bertz CT molecular complexity index is 930. The van der Waals surface area contributed by atoms with Crippen molar-refractivity contribution in [3.8, 4) is 17.6 Å². The van der Waals surface area contributed by atoms with E-state index >= 15 is 0 Å². The normalized spacial score (nSPS) is 10.7. The second-order valence-electron chi connectivity index (χ2n) is 5.62. The number of aryl methyl sites for hydroxylation is 1. The second-order valence-corrected chi connectivity index (χ2v) is 6.47. The number of hydrogen-bond acceptors (Lipinski definition) is 4. The van der Waals surface area contributed by atoms with Crippen LogP contribution in [0.5, 0.6) is 11.5 Å². The van der Waals surface area contributed by atoms with Crippen molar-refractivity contribution < 1.29 is 14.3 Å². The molecule has 0 aliphatic rings. The minimum atomic E-state index is -0.510. The molecule has 0 radical (unpaired) electrons. The molecule has 1 N–H and O–H groups in total. The summed E-state index contributed by atoms with van der Waals surface area (Å²) in [6.45, 7) is 5.90. The van der Waals surface area contributed by atoms with Gasteiger partial charge in [-0.05, 0) is 64.3 Å². The summed E-state index contributed by atoms with van der Waals surface area (Å²) in [5, 5.41) is 12.1. The molecule has 0 bridgehead atoms. The van der Waals surface area contributed by atoms with Gasteiger partial charge in [0, 0.05) is 0 Å². The van der Waals surface area contributed by atoms with Gasteiger partial charge in [-0.25, -0.2) is 0 Å². The van der Waals surface area contributed by atoms with Gasteiger partial charge in [0.15, 0.2) is 0 Å². The minimum Gasteiger partial charge on any atom is -0.495 e. The second kappa shape index (κ2) is 9.60. The van der Waals surface area contributed by atoms with E-state index in [9.17, 15) is 10.1 Å². The highest BCUT2D eigenvalue weighted by atomic mass is 79.9. The standard InChI is InChI=1S/C21H19BrN2O3/c1-4-9-27-19-8-6-15(12-17(19)22)11-16(13-23)21(25)24-18-10-14(2)5-7-20(18)26-3/h4-8,10-12H,1,9H2,2-3H3,(H,24,25)/b16-11+. The number of carbonyl (C=O) groups is 1. The van der Waals surface area contributed by atoms with E-state index in [4.69, 9.17) is 9.47 Å². The monoisotopic (exact) mass is 426 g/mol. The molecule has 0 saturated heterocycles. The lowest BCUT2D eigenvalue weighted by atomic mass is 10.1. The topological polar surface area (TPSA) is 71.3 Å². The molecule has 0 aromatic heterocycles. The summed E-state index contributed by atoms with van der Waals surface area (Å²) >= 11 is 3.42. The van der Waals surface area contributed by atoms with E-state index in [1.54, 1.807) is 36.4 Å². The Kier molecular flexibility index (Phi) is 7.21. The van der Waals surface area contributed by atoms with Gasteiger partial charge in [0.05, 0.1) is 17.3 Å². The van der Waals surface area contributed by atoms with Crippen LogP contribution in [0, 0.1) is 18.3 Å². The first-order valence-corrected chi connectivity index (χ1v) is 8.88. The summed E-state index contributed by atoms with van der Waals surface area (Å²) in [7, 11) is 1.52. The average molecular weight is 427 g/mol. The molecular weight excluding hydrogens is 408 g/mol. The molecule has 5 nitrogen and oxygen atoms in total. The average Bonchev–Trinajstić information content (AvgIpc) is 2.65. The number of nitrogens with one attached hydrogen (secondary N) is 1. The van der Waals surface area contributed by atoms with Gasteiger partial charge >= 0.3 is 0 Å². The van der Waals surface area contributed by atoms with Crippen molar-refractivity contribution in [1.29, 1.82) is 5.26 Å². The molecule has 0 saturated carbocycles. The highest BCUT2D eigenvalue weighted by Crippen LogP contribution is 2.28. The molecule has 0 fully saturated rings. The number of nitrogens with zero attached hydrogens (tertiary/aromatic N) is 1. The van der Waals surface area contributed by atoms with Crippen molar-refractivity contribution >= 4 is 33.6 Å². The van der Waals surface area contributed by atoms with Crippen LogP contribution in [-0.4, -0.2) is 19.6 Å². The molecule has 138 valence electrons. The molecule has 2 aromatic carbocycles. The Morgan fingerprint density at radius 3 is 2.67 bits per heavy atom. The quantitative estimate of drug-likeness (QED) is 0.389. The lowest BCUT2D eigenvalue weighted by Crippen LogP contribution is -2.14. The Morgan fingerprint density at radius 1 is 1.30 bits per heavy atom. The summed E-state index contributed by atoms with van der Waals surface area (Å²) in [6, 6.07) is 12.7. The van der Waals surface area contributed by atoms with Crippen LogP contribution >= 0.6 is 15.9 Å². The number of rotatable bonds is 7. The number of nitriles is 1. The highest BCUT2D eigenvalue weighted by Gasteiger charge is 2.13. The van der Waals surface area contributed by atoms with E-state index in [0.717, 1.165) is 10.0 Å². The summed E-state index contributed by atoms with van der Waals surface area (Å²) in [4.78, 5) is 12.5. The van der Waals surface area contributed by atoms with Crippen LogP contribution in [0.25, 0.3) is 6.08 Å². The zero-order valence-electron chi connectivity index (χ0n) is 15.1. The number of carbonyl (C=O) groups excluding carboxylic acids is 1. The molecule has 27 heavy (non-hydrogen) atoms. The summed E-state index contributed by atoms with van der Waals surface area (Å²) < 4.78 is 11.5. The number of halogens is 1. The maximum atomic E-state index is 12.5. The van der Waals surface area contributed by atoms with Crippen LogP contribution in [0.1, 0.15) is 11.1 Å². The van der Waals surface area contributed by atoms with Crippen LogP contribution in [-0.2, 0) is 4.79 Å². The number of ether oxygens (including phenoxy) is 2. The zero-order valence-corrected chi connectivity index (χ0v) is 16.7. The van der Waals surface area contributed by atoms with Crippen LogP contribution in [0.2, 0.25) is 0 Å². The van der Waals surface area contributed by atoms with Gasteiger partial charge < -0.3 is 14.8 Å². The van der Waals surface area contributed by atoms with Crippen molar-refractivity contribution in [1.82, 2.24) is 0 Å². The number of amides is 1. The van der Waals surface area contributed by atoms with Crippen LogP contribution < -0.4 is 14.8 Å². The molecule has 2 aromatic rings. The lowest BCUT2D eigenvalue weighted by Gasteiger charge is -2.11. The van der Waals surface area contributed by atoms with E-state index in [1.807, 2.05) is 19.1 Å². The van der Waals surface area contributed by atoms with Gasteiger partial charge in [0.2, 0.25) is 0 Å². The highest BCUT2D eigenvalue weighted by molar-refractivity contribution is 9.10. The fourth-order valence-corrected chi connectivity index (χ4v) is 2.81. The first-order chi connectivity index (χ1) is 13.0. The number of benzene rings is 2. The van der Waals surface area contributed by atoms with E-state index < -0.39 is 5.91 Å². The maximum absolute atomic E-state index is 12.5. The Morgan fingerprint density at radius 2 is 2.04 bits per heavy atom. The van der Waals surface area contributed by atoms with E-state index in [1.165, 1.54) is 13.2 Å². The fourth-order valence-electron chi connectivity index (χ4n) is 2.30. The van der Waals surface area contributed by atoms with Crippen molar-refractivity contribution in [2.24, 2.45) is 0 Å². The first kappa shape index (κ1) is 20.3. The molecule has 0 heterocycles. The van der Waals surface area contributed by atoms with Gasteiger partial charge in [-0.3, -0.25) is 4.79 Å². The third kappa shape index (κ3) is 5.47. The predicted molar refractivity (Wildman–Crippen MR) is 110 cm³/mol. The summed E-state index contributed by atoms with van der Waals surface area (Å²) in [6.07, 6.45) is 3.16. The van der Waals surface area contributed by atoms with Crippen LogP contribution in [0.15, 0.2) is 59.1 Å². The first-order valence-electron chi connectivity index (χ1n) is 8.09.